The van der Waals surface area contributed by atoms with E-state index in [-0.39, 0.29) is 5.75 Å². The fraction of sp³-hybridized carbons (Fsp3) is 0.500. The monoisotopic (exact) mass is 284 g/mol. The van der Waals surface area contributed by atoms with Crippen molar-refractivity contribution in [1.29, 1.82) is 0 Å². The molecule has 1 aromatic carbocycles. The molecule has 0 aromatic heterocycles. The number of methoxy groups -OCH3 is 1. The van der Waals surface area contributed by atoms with Crippen LogP contribution in [0.1, 0.15) is 36.8 Å². The second-order valence-electron chi connectivity index (χ2n) is 5.01. The normalized spacial score (nSPS) is 17.4. The number of hydrogen-bond donors (Lipinski definition) is 2. The molecule has 0 amide bonds. The van der Waals surface area contributed by atoms with E-state index in [1.165, 1.54) is 13.2 Å². The minimum absolute atomic E-state index is 0.0226. The molecule has 0 aliphatic heterocycles. The van der Waals surface area contributed by atoms with Gasteiger partial charge in [0.2, 0.25) is 0 Å². The Morgan fingerprint density at radius 3 is 2.47 bits per heavy atom. The highest BCUT2D eigenvalue weighted by Gasteiger charge is 2.45. The Morgan fingerprint density at radius 2 is 2.00 bits per heavy atom. The maximum atomic E-state index is 11.7. The molecule has 2 N–H and O–H groups in total. The molecule has 1 aromatic rings. The summed E-state index contributed by atoms with van der Waals surface area (Å²) in [6, 6.07) is 1.53. The summed E-state index contributed by atoms with van der Waals surface area (Å²) in [5.41, 5.74) is -0.136. The number of rotatable bonds is 3. The maximum absolute atomic E-state index is 11.7. The summed E-state index contributed by atoms with van der Waals surface area (Å²) in [7, 11) is 1.47. The molecule has 1 fully saturated rings. The minimum Gasteiger partial charge on any atom is -0.507 e. The average molecular weight is 285 g/mol. The lowest BCUT2D eigenvalue weighted by atomic mass is 9.77. The molecule has 1 aliphatic rings. The van der Waals surface area contributed by atoms with E-state index in [4.69, 9.17) is 16.3 Å². The van der Waals surface area contributed by atoms with Crippen molar-refractivity contribution < 1.29 is 19.7 Å². The third-order valence-corrected chi connectivity index (χ3v) is 4.31. The fourth-order valence-electron chi connectivity index (χ4n) is 2.94. The van der Waals surface area contributed by atoms with Gasteiger partial charge in [0.1, 0.15) is 11.5 Å². The summed E-state index contributed by atoms with van der Waals surface area (Å²) >= 11 is 6.12. The minimum atomic E-state index is -1.02. The van der Waals surface area contributed by atoms with Gasteiger partial charge in [0, 0.05) is 11.1 Å². The number of benzene rings is 1. The van der Waals surface area contributed by atoms with Crippen LogP contribution in [0, 0.1) is 6.92 Å². The van der Waals surface area contributed by atoms with Gasteiger partial charge in [0.15, 0.2) is 0 Å². The summed E-state index contributed by atoms with van der Waals surface area (Å²) < 4.78 is 5.13. The number of hydrogen-bond acceptors (Lipinski definition) is 3. The van der Waals surface area contributed by atoms with Gasteiger partial charge in [-0.2, -0.15) is 0 Å². The van der Waals surface area contributed by atoms with Crippen molar-refractivity contribution in [3.05, 3.63) is 22.2 Å². The van der Waals surface area contributed by atoms with Gasteiger partial charge in [-0.1, -0.05) is 24.4 Å². The lowest BCUT2D eigenvalue weighted by Gasteiger charge is -2.27. The smallest absolute Gasteiger partial charge is 0.314 e. The lowest BCUT2D eigenvalue weighted by molar-refractivity contribution is -0.143. The molecule has 19 heavy (non-hydrogen) atoms. The number of halogens is 1. The van der Waals surface area contributed by atoms with Gasteiger partial charge in [-0.15, -0.1) is 0 Å². The second kappa shape index (κ2) is 4.93. The van der Waals surface area contributed by atoms with Gasteiger partial charge in [0.25, 0.3) is 0 Å². The topological polar surface area (TPSA) is 66.8 Å². The lowest BCUT2D eigenvalue weighted by Crippen LogP contribution is -2.32. The first-order valence-electron chi connectivity index (χ1n) is 6.24. The molecular weight excluding hydrogens is 268 g/mol. The van der Waals surface area contributed by atoms with Crippen LogP contribution < -0.4 is 4.74 Å². The third-order valence-electron chi connectivity index (χ3n) is 4.03. The molecule has 0 spiro atoms. The van der Waals surface area contributed by atoms with E-state index in [0.29, 0.717) is 34.7 Å². The SMILES string of the molecule is COc1c(Cl)cc(C2(C(=O)O)CCCC2)c(O)c1C. The Morgan fingerprint density at radius 1 is 1.42 bits per heavy atom. The van der Waals surface area contributed by atoms with Crippen molar-refractivity contribution in [3.8, 4) is 11.5 Å². The number of carbonyl (C=O) groups is 1. The van der Waals surface area contributed by atoms with Crippen LogP contribution in [-0.4, -0.2) is 23.3 Å². The standard InChI is InChI=1S/C14H17ClO4/c1-8-11(16)9(7-10(15)12(8)19-2)14(13(17)18)5-3-4-6-14/h7,16H,3-6H2,1-2H3,(H,17,18). The van der Waals surface area contributed by atoms with E-state index in [1.54, 1.807) is 6.92 Å². The van der Waals surface area contributed by atoms with Crippen LogP contribution in [0.5, 0.6) is 11.5 Å². The van der Waals surface area contributed by atoms with Gasteiger partial charge in [0.05, 0.1) is 17.5 Å². The second-order valence-corrected chi connectivity index (χ2v) is 5.41. The molecule has 1 aliphatic carbocycles. The highest BCUT2D eigenvalue weighted by Crippen LogP contribution is 2.49. The van der Waals surface area contributed by atoms with E-state index in [0.717, 1.165) is 12.8 Å². The van der Waals surface area contributed by atoms with Gasteiger partial charge in [-0.05, 0) is 25.8 Å². The van der Waals surface area contributed by atoms with Crippen LogP contribution in [0.3, 0.4) is 0 Å². The molecule has 0 atom stereocenters. The molecule has 104 valence electrons. The molecule has 0 saturated heterocycles. The van der Waals surface area contributed by atoms with Gasteiger partial charge < -0.3 is 14.9 Å². The number of carboxylic acid groups (broad SMARTS) is 1. The molecular formula is C14H17ClO4. The molecule has 2 rings (SSSR count). The van der Waals surface area contributed by atoms with Crippen molar-refractivity contribution >= 4 is 17.6 Å². The van der Waals surface area contributed by atoms with Crippen LogP contribution in [0.15, 0.2) is 6.07 Å². The summed E-state index contributed by atoms with van der Waals surface area (Å²) in [4.78, 5) is 11.7. The van der Waals surface area contributed by atoms with Gasteiger partial charge in [-0.3, -0.25) is 4.79 Å². The van der Waals surface area contributed by atoms with Crippen LogP contribution >= 0.6 is 11.6 Å². The molecule has 1 saturated carbocycles. The Kier molecular flexibility index (Phi) is 3.63. The molecule has 0 heterocycles. The van der Waals surface area contributed by atoms with Crippen molar-refractivity contribution in [1.82, 2.24) is 0 Å². The molecule has 0 bridgehead atoms. The first-order valence-corrected chi connectivity index (χ1v) is 6.62. The Labute approximate surface area is 117 Å². The predicted octanol–water partition coefficient (Wildman–Crippen LogP) is 3.26. The molecule has 0 radical (unpaired) electrons. The van der Waals surface area contributed by atoms with E-state index < -0.39 is 11.4 Å². The largest absolute Gasteiger partial charge is 0.507 e. The van der Waals surface area contributed by atoms with Crippen molar-refractivity contribution in [2.45, 2.75) is 38.0 Å². The maximum Gasteiger partial charge on any atom is 0.314 e. The number of ether oxygens (including phenoxy) is 1. The van der Waals surface area contributed by atoms with Gasteiger partial charge in [-0.25, -0.2) is 0 Å². The third kappa shape index (κ3) is 2.04. The summed E-state index contributed by atoms with van der Waals surface area (Å²) in [6.45, 7) is 1.67. The fourth-order valence-corrected chi connectivity index (χ4v) is 3.27. The summed E-state index contributed by atoms with van der Waals surface area (Å²) in [5, 5.41) is 20.2. The highest BCUT2D eigenvalue weighted by atomic mass is 35.5. The van der Waals surface area contributed by atoms with E-state index in [2.05, 4.69) is 0 Å². The zero-order chi connectivity index (χ0) is 14.2. The number of phenolic OH excluding ortho intramolecular Hbond substituents is 1. The Hall–Kier alpha value is -1.42. The molecule has 5 heteroatoms. The van der Waals surface area contributed by atoms with E-state index in [1.807, 2.05) is 0 Å². The predicted molar refractivity (Wildman–Crippen MR) is 72.2 cm³/mol. The van der Waals surface area contributed by atoms with Crippen LogP contribution in [0.2, 0.25) is 5.02 Å². The zero-order valence-corrected chi connectivity index (χ0v) is 11.8. The first kappa shape index (κ1) is 14.0. The number of aromatic hydroxyl groups is 1. The number of phenols is 1. The quantitative estimate of drug-likeness (QED) is 0.894. The molecule has 4 nitrogen and oxygen atoms in total. The number of carboxylic acids is 1. The van der Waals surface area contributed by atoms with Gasteiger partial charge >= 0.3 is 5.97 Å². The van der Waals surface area contributed by atoms with E-state index >= 15 is 0 Å². The summed E-state index contributed by atoms with van der Waals surface area (Å²) in [6.07, 6.45) is 2.73. The van der Waals surface area contributed by atoms with Crippen molar-refractivity contribution in [3.63, 3.8) is 0 Å². The van der Waals surface area contributed by atoms with Crippen molar-refractivity contribution in [2.24, 2.45) is 0 Å². The Bertz CT molecular complexity index is 519. The summed E-state index contributed by atoms with van der Waals surface area (Å²) in [5.74, 6) is -0.534. The highest BCUT2D eigenvalue weighted by molar-refractivity contribution is 6.32. The number of aliphatic carboxylic acids is 1. The van der Waals surface area contributed by atoms with Crippen molar-refractivity contribution in [2.75, 3.05) is 7.11 Å². The molecule has 0 unspecified atom stereocenters. The van der Waals surface area contributed by atoms with Crippen LogP contribution in [0.25, 0.3) is 0 Å². The average Bonchev–Trinajstić information content (AvgIpc) is 2.85. The zero-order valence-electron chi connectivity index (χ0n) is 11.0. The van der Waals surface area contributed by atoms with E-state index in [9.17, 15) is 15.0 Å². The van der Waals surface area contributed by atoms with Crippen LogP contribution in [0.4, 0.5) is 0 Å². The first-order chi connectivity index (χ1) is 8.94. The Balaban J connectivity index is 2.65. The van der Waals surface area contributed by atoms with Crippen LogP contribution in [-0.2, 0) is 10.2 Å².